The molecule has 0 aromatic heterocycles. The minimum absolute atomic E-state index is 0.0114. The Kier molecular flexibility index (Phi) is 2.87. The van der Waals surface area contributed by atoms with E-state index in [4.69, 9.17) is 17.3 Å². The van der Waals surface area contributed by atoms with E-state index in [1.165, 1.54) is 6.42 Å². The van der Waals surface area contributed by atoms with Gasteiger partial charge < -0.3 is 5.73 Å². The Hall–Kier alpha value is -0.0500. The van der Waals surface area contributed by atoms with Crippen molar-refractivity contribution in [1.82, 2.24) is 0 Å². The van der Waals surface area contributed by atoms with Gasteiger partial charge in [-0.3, -0.25) is 0 Å². The normalized spacial score (nSPS) is 19.1. The molecule has 0 amide bonds. The van der Waals surface area contributed by atoms with E-state index >= 15 is 0 Å². The fourth-order valence-corrected chi connectivity index (χ4v) is 2.59. The zero-order valence-electron chi connectivity index (χ0n) is 7.89. The van der Waals surface area contributed by atoms with Crippen LogP contribution in [0, 0.1) is 0 Å². The maximum absolute atomic E-state index is 6.17. The van der Waals surface area contributed by atoms with Crippen molar-refractivity contribution in [3.05, 3.63) is 33.3 Å². The second kappa shape index (κ2) is 3.84. The highest BCUT2D eigenvalue weighted by molar-refractivity contribution is 9.10. The summed E-state index contributed by atoms with van der Waals surface area (Å²) in [5, 5.41) is 0.816. The van der Waals surface area contributed by atoms with Crippen LogP contribution in [0.4, 0.5) is 0 Å². The molecule has 1 aromatic rings. The largest absolute Gasteiger partial charge is 0.325 e. The molecule has 14 heavy (non-hydrogen) atoms. The highest BCUT2D eigenvalue weighted by Gasteiger charge is 2.32. The quantitative estimate of drug-likeness (QED) is 0.877. The van der Waals surface area contributed by atoms with Gasteiger partial charge in [0.1, 0.15) is 0 Å². The van der Waals surface area contributed by atoms with Gasteiger partial charge in [0.25, 0.3) is 0 Å². The molecule has 1 aliphatic carbocycles. The van der Waals surface area contributed by atoms with Crippen molar-refractivity contribution in [1.29, 1.82) is 0 Å². The van der Waals surface area contributed by atoms with Crippen LogP contribution in [0.25, 0.3) is 0 Å². The monoisotopic (exact) mass is 273 g/mol. The third-order valence-electron chi connectivity index (χ3n) is 2.91. The van der Waals surface area contributed by atoms with Gasteiger partial charge in [-0.05, 0) is 43.4 Å². The first-order chi connectivity index (χ1) is 6.59. The van der Waals surface area contributed by atoms with Crippen LogP contribution in [0.1, 0.15) is 24.8 Å². The summed E-state index contributed by atoms with van der Waals surface area (Å²) in [7, 11) is 0. The van der Waals surface area contributed by atoms with Gasteiger partial charge in [-0.1, -0.05) is 33.6 Å². The Bertz CT molecular complexity index is 347. The topological polar surface area (TPSA) is 26.0 Å². The van der Waals surface area contributed by atoms with Gasteiger partial charge in [0, 0.05) is 15.0 Å². The van der Waals surface area contributed by atoms with Crippen LogP contribution in [-0.2, 0) is 6.42 Å². The first-order valence-electron chi connectivity index (χ1n) is 4.82. The van der Waals surface area contributed by atoms with Gasteiger partial charge in [-0.2, -0.15) is 0 Å². The number of hydrogen-bond donors (Lipinski definition) is 1. The smallest absolute Gasteiger partial charge is 0.0449 e. The lowest BCUT2D eigenvalue weighted by molar-refractivity contribution is 0.247. The van der Waals surface area contributed by atoms with Crippen molar-refractivity contribution in [2.24, 2.45) is 5.73 Å². The van der Waals surface area contributed by atoms with Gasteiger partial charge in [-0.15, -0.1) is 0 Å². The Labute approximate surface area is 97.8 Å². The zero-order chi connectivity index (χ0) is 10.2. The summed E-state index contributed by atoms with van der Waals surface area (Å²) in [5.41, 5.74) is 7.35. The van der Waals surface area contributed by atoms with Crippen molar-refractivity contribution >= 4 is 27.5 Å². The van der Waals surface area contributed by atoms with Crippen LogP contribution in [0.3, 0.4) is 0 Å². The Morgan fingerprint density at radius 2 is 2.14 bits per heavy atom. The Morgan fingerprint density at radius 1 is 1.43 bits per heavy atom. The fourth-order valence-electron chi connectivity index (χ4n) is 1.85. The maximum atomic E-state index is 6.17. The van der Waals surface area contributed by atoms with Crippen LogP contribution in [0.15, 0.2) is 22.7 Å². The summed E-state index contributed by atoms with van der Waals surface area (Å²) in [6.45, 7) is 0. The van der Waals surface area contributed by atoms with Crippen LogP contribution in [0.5, 0.6) is 0 Å². The first-order valence-corrected chi connectivity index (χ1v) is 5.99. The van der Waals surface area contributed by atoms with E-state index in [2.05, 4.69) is 22.0 Å². The second-order valence-corrected chi connectivity index (χ2v) is 5.45. The summed E-state index contributed by atoms with van der Waals surface area (Å²) >= 11 is 9.52. The molecule has 3 heteroatoms. The number of halogens is 2. The predicted octanol–water partition coefficient (Wildman–Crippen LogP) is 3.53. The number of nitrogens with two attached hydrogens (primary N) is 1. The van der Waals surface area contributed by atoms with Crippen LogP contribution < -0.4 is 5.73 Å². The van der Waals surface area contributed by atoms with Gasteiger partial charge in [0.2, 0.25) is 0 Å². The third kappa shape index (κ3) is 2.13. The molecular weight excluding hydrogens is 261 g/mol. The van der Waals surface area contributed by atoms with Crippen LogP contribution in [-0.4, -0.2) is 5.54 Å². The van der Waals surface area contributed by atoms with Crippen molar-refractivity contribution < 1.29 is 0 Å². The van der Waals surface area contributed by atoms with E-state index in [0.717, 1.165) is 34.3 Å². The summed E-state index contributed by atoms with van der Waals surface area (Å²) in [4.78, 5) is 0. The van der Waals surface area contributed by atoms with E-state index in [-0.39, 0.29) is 5.54 Å². The van der Waals surface area contributed by atoms with Gasteiger partial charge in [0.15, 0.2) is 0 Å². The third-order valence-corrected chi connectivity index (χ3v) is 3.75. The molecule has 1 nitrogen and oxygen atoms in total. The molecule has 0 unspecified atom stereocenters. The molecule has 2 N–H and O–H groups in total. The summed E-state index contributed by atoms with van der Waals surface area (Å²) in [5.74, 6) is 0. The minimum atomic E-state index is 0.0114. The molecule has 0 spiro atoms. The Morgan fingerprint density at radius 3 is 2.64 bits per heavy atom. The molecule has 0 heterocycles. The van der Waals surface area contributed by atoms with E-state index < -0.39 is 0 Å². The number of hydrogen-bond acceptors (Lipinski definition) is 1. The van der Waals surface area contributed by atoms with Crippen LogP contribution in [0.2, 0.25) is 5.02 Å². The molecule has 2 rings (SSSR count). The molecular formula is C11H13BrClN. The SMILES string of the molecule is NC1(Cc2ccc(Br)cc2Cl)CCC1. The summed E-state index contributed by atoms with van der Waals surface area (Å²) < 4.78 is 1.02. The van der Waals surface area contributed by atoms with Gasteiger partial charge in [-0.25, -0.2) is 0 Å². The van der Waals surface area contributed by atoms with E-state index in [0.29, 0.717) is 0 Å². The lowest BCUT2D eigenvalue weighted by Gasteiger charge is -2.38. The highest BCUT2D eigenvalue weighted by Crippen LogP contribution is 2.34. The van der Waals surface area contributed by atoms with Gasteiger partial charge >= 0.3 is 0 Å². The highest BCUT2D eigenvalue weighted by atomic mass is 79.9. The van der Waals surface area contributed by atoms with E-state index in [1.807, 2.05) is 12.1 Å². The molecule has 1 fully saturated rings. The first kappa shape index (κ1) is 10.5. The molecule has 1 saturated carbocycles. The molecule has 0 atom stereocenters. The molecule has 1 aliphatic rings. The maximum Gasteiger partial charge on any atom is 0.0449 e. The van der Waals surface area contributed by atoms with E-state index in [9.17, 15) is 0 Å². The average Bonchev–Trinajstić information content (AvgIpc) is 2.07. The number of benzene rings is 1. The fraction of sp³-hybridized carbons (Fsp3) is 0.455. The van der Waals surface area contributed by atoms with Crippen molar-refractivity contribution in [2.75, 3.05) is 0 Å². The van der Waals surface area contributed by atoms with Crippen molar-refractivity contribution in [3.8, 4) is 0 Å². The van der Waals surface area contributed by atoms with Crippen molar-refractivity contribution in [3.63, 3.8) is 0 Å². The lowest BCUT2D eigenvalue weighted by Crippen LogP contribution is -2.48. The van der Waals surface area contributed by atoms with E-state index in [1.54, 1.807) is 0 Å². The predicted molar refractivity (Wildman–Crippen MR) is 63.6 cm³/mol. The summed E-state index contributed by atoms with van der Waals surface area (Å²) in [6, 6.07) is 6.00. The molecule has 0 saturated heterocycles. The second-order valence-electron chi connectivity index (χ2n) is 4.13. The standard InChI is InChI=1S/C11H13BrClN/c12-9-3-2-8(10(13)6-9)7-11(14)4-1-5-11/h2-3,6H,1,4-5,7,14H2. The van der Waals surface area contributed by atoms with Crippen molar-refractivity contribution in [2.45, 2.75) is 31.2 Å². The van der Waals surface area contributed by atoms with Gasteiger partial charge in [0.05, 0.1) is 0 Å². The number of rotatable bonds is 2. The molecule has 76 valence electrons. The minimum Gasteiger partial charge on any atom is -0.325 e. The lowest BCUT2D eigenvalue weighted by atomic mass is 9.74. The summed E-state index contributed by atoms with van der Waals surface area (Å²) in [6.07, 6.45) is 4.41. The molecule has 0 aliphatic heterocycles. The molecule has 1 aromatic carbocycles. The Balaban J connectivity index is 2.16. The average molecular weight is 275 g/mol. The molecule has 0 radical (unpaired) electrons. The molecule has 0 bridgehead atoms. The zero-order valence-corrected chi connectivity index (χ0v) is 10.2. The van der Waals surface area contributed by atoms with Crippen LogP contribution >= 0.6 is 27.5 Å².